The Morgan fingerprint density at radius 2 is 2.56 bits per heavy atom. The van der Waals surface area contributed by atoms with Crippen molar-refractivity contribution in [3.05, 3.63) is 0 Å². The van der Waals surface area contributed by atoms with Crippen LogP contribution in [0.1, 0.15) is 12.8 Å². The van der Waals surface area contributed by atoms with Crippen LogP contribution in [-0.4, -0.2) is 29.8 Å². The second kappa shape index (κ2) is 1.55. The Morgan fingerprint density at radius 3 is 3.00 bits per heavy atom. The van der Waals surface area contributed by atoms with E-state index in [9.17, 15) is 0 Å². The lowest BCUT2D eigenvalue weighted by Crippen LogP contribution is -2.51. The zero-order valence-corrected chi connectivity index (χ0v) is 5.08. The smallest absolute Gasteiger partial charge is 0.158 e. The van der Waals surface area contributed by atoms with Gasteiger partial charge in [-0.15, -0.1) is 0 Å². The third kappa shape index (κ3) is 0.686. The average molecular weight is 127 g/mol. The lowest BCUT2D eigenvalue weighted by molar-refractivity contribution is -0.280. The van der Waals surface area contributed by atoms with Gasteiger partial charge in [0.15, 0.2) is 6.29 Å². The van der Waals surface area contributed by atoms with Crippen LogP contribution in [-0.2, 0) is 4.74 Å². The molecule has 0 aromatic carbocycles. The van der Waals surface area contributed by atoms with Crippen LogP contribution in [0.2, 0.25) is 0 Å². The van der Waals surface area contributed by atoms with Crippen LogP contribution < -0.4 is 0 Å². The van der Waals surface area contributed by atoms with Gasteiger partial charge in [0, 0.05) is 19.1 Å². The molecular formula is C6H9NO2. The molecule has 50 valence electrons. The summed E-state index contributed by atoms with van der Waals surface area (Å²) in [5.74, 6) is 0. The summed E-state index contributed by atoms with van der Waals surface area (Å²) >= 11 is 0. The van der Waals surface area contributed by atoms with Crippen LogP contribution in [0.3, 0.4) is 0 Å². The highest BCUT2D eigenvalue weighted by Gasteiger charge is 2.45. The molecule has 1 spiro atoms. The van der Waals surface area contributed by atoms with E-state index in [0.29, 0.717) is 0 Å². The summed E-state index contributed by atoms with van der Waals surface area (Å²) in [4.78, 5) is 4.03. The molecule has 0 bridgehead atoms. The number of ether oxygens (including phenoxy) is 1. The quantitative estimate of drug-likeness (QED) is 0.495. The normalized spacial score (nSPS) is 47.9. The van der Waals surface area contributed by atoms with Gasteiger partial charge in [-0.05, 0) is 0 Å². The predicted molar refractivity (Wildman–Crippen MR) is 32.4 cm³/mol. The SMILES string of the molecule is OC1CC2(CC=NC2)O1. The summed E-state index contributed by atoms with van der Waals surface area (Å²) in [6, 6.07) is 0. The summed E-state index contributed by atoms with van der Waals surface area (Å²) in [5, 5.41) is 8.80. The number of aliphatic hydroxyl groups excluding tert-OH is 1. The summed E-state index contributed by atoms with van der Waals surface area (Å²) in [5.41, 5.74) is -0.0839. The molecule has 0 aliphatic carbocycles. The van der Waals surface area contributed by atoms with E-state index >= 15 is 0 Å². The number of aliphatic imine (C=N–C) groups is 1. The Labute approximate surface area is 53.4 Å². The number of rotatable bonds is 0. The number of hydrogen-bond acceptors (Lipinski definition) is 3. The molecule has 3 heteroatoms. The molecule has 1 fully saturated rings. The first-order valence-electron chi connectivity index (χ1n) is 3.15. The molecule has 1 N–H and O–H groups in total. The van der Waals surface area contributed by atoms with E-state index in [2.05, 4.69) is 4.99 Å². The molecule has 1 saturated heterocycles. The van der Waals surface area contributed by atoms with Crippen LogP contribution >= 0.6 is 0 Å². The Balaban J connectivity index is 1.98. The van der Waals surface area contributed by atoms with Gasteiger partial charge in [-0.3, -0.25) is 4.99 Å². The van der Waals surface area contributed by atoms with Gasteiger partial charge in [0.25, 0.3) is 0 Å². The van der Waals surface area contributed by atoms with Crippen LogP contribution in [0, 0.1) is 0 Å². The maximum atomic E-state index is 8.80. The Bertz CT molecular complexity index is 139. The van der Waals surface area contributed by atoms with Crippen LogP contribution in [0.25, 0.3) is 0 Å². The lowest BCUT2D eigenvalue weighted by Gasteiger charge is -2.41. The number of aliphatic hydroxyl groups is 1. The molecule has 2 aliphatic rings. The predicted octanol–water partition coefficient (Wildman–Crippen LogP) is -0.0616. The van der Waals surface area contributed by atoms with Crippen LogP contribution in [0.4, 0.5) is 0 Å². The minimum Gasteiger partial charge on any atom is -0.368 e. The van der Waals surface area contributed by atoms with E-state index in [4.69, 9.17) is 9.84 Å². The first-order valence-corrected chi connectivity index (χ1v) is 3.15. The molecule has 3 nitrogen and oxygen atoms in total. The molecule has 2 aliphatic heterocycles. The van der Waals surface area contributed by atoms with Gasteiger partial charge in [0.05, 0.1) is 6.54 Å². The van der Waals surface area contributed by atoms with Crippen molar-refractivity contribution in [3.63, 3.8) is 0 Å². The van der Waals surface area contributed by atoms with Crippen molar-refractivity contribution in [3.8, 4) is 0 Å². The third-order valence-corrected chi connectivity index (χ3v) is 1.90. The molecule has 2 atom stereocenters. The van der Waals surface area contributed by atoms with Crippen molar-refractivity contribution in [2.24, 2.45) is 4.99 Å². The van der Waals surface area contributed by atoms with Gasteiger partial charge in [-0.25, -0.2) is 0 Å². The van der Waals surface area contributed by atoms with E-state index in [-0.39, 0.29) is 5.60 Å². The van der Waals surface area contributed by atoms with Crippen molar-refractivity contribution >= 4 is 6.21 Å². The summed E-state index contributed by atoms with van der Waals surface area (Å²) in [6.45, 7) is 0.740. The Kier molecular flexibility index (Phi) is 0.926. The average Bonchev–Trinajstić information content (AvgIpc) is 2.12. The minimum absolute atomic E-state index is 0.0839. The van der Waals surface area contributed by atoms with Crippen molar-refractivity contribution in [1.82, 2.24) is 0 Å². The van der Waals surface area contributed by atoms with Crippen LogP contribution in [0.15, 0.2) is 4.99 Å². The first-order chi connectivity index (χ1) is 4.31. The molecule has 0 saturated carbocycles. The van der Waals surface area contributed by atoms with E-state index < -0.39 is 6.29 Å². The number of hydrogen-bond donors (Lipinski definition) is 1. The molecule has 2 heterocycles. The maximum absolute atomic E-state index is 8.80. The first kappa shape index (κ1) is 5.38. The second-order valence-corrected chi connectivity index (χ2v) is 2.69. The lowest BCUT2D eigenvalue weighted by atomic mass is 9.92. The molecule has 0 aromatic heterocycles. The van der Waals surface area contributed by atoms with Crippen molar-refractivity contribution in [2.45, 2.75) is 24.7 Å². The summed E-state index contributed by atoms with van der Waals surface area (Å²) in [6.07, 6.45) is 2.98. The van der Waals surface area contributed by atoms with E-state index in [1.54, 1.807) is 0 Å². The second-order valence-electron chi connectivity index (χ2n) is 2.69. The van der Waals surface area contributed by atoms with E-state index in [1.807, 2.05) is 6.21 Å². The molecule has 0 aromatic rings. The standard InChI is InChI=1S/C6H9NO2/c8-5-3-6(9-5)1-2-7-4-6/h2,5,8H,1,3-4H2. The topological polar surface area (TPSA) is 41.8 Å². The molecule has 0 amide bonds. The fraction of sp³-hybridized carbons (Fsp3) is 0.833. The van der Waals surface area contributed by atoms with E-state index in [0.717, 1.165) is 19.4 Å². The van der Waals surface area contributed by atoms with Gasteiger partial charge in [-0.1, -0.05) is 0 Å². The van der Waals surface area contributed by atoms with Gasteiger partial charge in [0.2, 0.25) is 0 Å². The Morgan fingerprint density at radius 1 is 1.78 bits per heavy atom. The number of nitrogens with zero attached hydrogens (tertiary/aromatic N) is 1. The molecule has 9 heavy (non-hydrogen) atoms. The fourth-order valence-electron chi connectivity index (χ4n) is 1.36. The van der Waals surface area contributed by atoms with Gasteiger partial charge < -0.3 is 9.84 Å². The van der Waals surface area contributed by atoms with Gasteiger partial charge in [0.1, 0.15) is 5.60 Å². The molecule has 0 radical (unpaired) electrons. The summed E-state index contributed by atoms with van der Waals surface area (Å²) in [7, 11) is 0. The Hall–Kier alpha value is -0.410. The van der Waals surface area contributed by atoms with E-state index in [1.165, 1.54) is 0 Å². The van der Waals surface area contributed by atoms with Crippen LogP contribution in [0.5, 0.6) is 0 Å². The van der Waals surface area contributed by atoms with Crippen molar-refractivity contribution in [2.75, 3.05) is 6.54 Å². The zero-order valence-electron chi connectivity index (χ0n) is 5.08. The highest BCUT2D eigenvalue weighted by atomic mass is 16.6. The monoisotopic (exact) mass is 127 g/mol. The zero-order chi connectivity index (χ0) is 6.32. The minimum atomic E-state index is -0.522. The highest BCUT2D eigenvalue weighted by Crippen LogP contribution is 2.36. The van der Waals surface area contributed by atoms with Gasteiger partial charge >= 0.3 is 0 Å². The maximum Gasteiger partial charge on any atom is 0.158 e. The largest absolute Gasteiger partial charge is 0.368 e. The van der Waals surface area contributed by atoms with Gasteiger partial charge in [-0.2, -0.15) is 0 Å². The molecule has 2 rings (SSSR count). The van der Waals surface area contributed by atoms with Crippen molar-refractivity contribution in [1.29, 1.82) is 0 Å². The summed E-state index contributed by atoms with van der Waals surface area (Å²) < 4.78 is 5.12. The molecular weight excluding hydrogens is 118 g/mol. The van der Waals surface area contributed by atoms with Crippen molar-refractivity contribution < 1.29 is 9.84 Å². The molecule has 2 unspecified atom stereocenters. The third-order valence-electron chi connectivity index (χ3n) is 1.90. The fourth-order valence-corrected chi connectivity index (χ4v) is 1.36. The highest BCUT2D eigenvalue weighted by molar-refractivity contribution is 5.62.